The standard InChI is InChI=1S/C16H19N3O2/c1-2-4-13-11(3-1)5-6-14(13)16-18-15(21-19-16)9-12-10-17-7-8-20-12/h1-4,12,14,17H,5-10H2. The first kappa shape index (κ1) is 13.0. The van der Waals surface area contributed by atoms with Gasteiger partial charge in [0.25, 0.3) is 0 Å². The van der Waals surface area contributed by atoms with Gasteiger partial charge < -0.3 is 14.6 Å². The molecule has 5 nitrogen and oxygen atoms in total. The number of hydrogen-bond donors (Lipinski definition) is 1. The van der Waals surface area contributed by atoms with Crippen LogP contribution in [0.25, 0.3) is 0 Å². The van der Waals surface area contributed by atoms with Crippen molar-refractivity contribution in [2.24, 2.45) is 0 Å². The van der Waals surface area contributed by atoms with Crippen LogP contribution in [0.15, 0.2) is 28.8 Å². The van der Waals surface area contributed by atoms with Crippen LogP contribution in [0.2, 0.25) is 0 Å². The Labute approximate surface area is 123 Å². The Hall–Kier alpha value is -1.72. The predicted octanol–water partition coefficient (Wildman–Crippen LogP) is 1.68. The fourth-order valence-electron chi connectivity index (χ4n) is 3.26. The fraction of sp³-hybridized carbons (Fsp3) is 0.500. The molecule has 0 saturated carbocycles. The molecule has 1 aliphatic carbocycles. The molecule has 1 aromatic carbocycles. The molecule has 0 bridgehead atoms. The van der Waals surface area contributed by atoms with E-state index in [2.05, 4.69) is 39.7 Å². The first-order chi connectivity index (χ1) is 10.4. The number of rotatable bonds is 3. The fourth-order valence-corrected chi connectivity index (χ4v) is 3.26. The summed E-state index contributed by atoms with van der Waals surface area (Å²) in [4.78, 5) is 4.60. The molecule has 1 N–H and O–H groups in total. The molecular weight excluding hydrogens is 266 g/mol. The second-order valence-electron chi connectivity index (χ2n) is 5.74. The SMILES string of the molecule is c1ccc2c(c1)CCC2c1noc(CC2CNCCO2)n1. The van der Waals surface area contributed by atoms with Crippen LogP contribution in [0, 0.1) is 0 Å². The molecule has 2 aromatic rings. The Morgan fingerprint density at radius 1 is 1.29 bits per heavy atom. The van der Waals surface area contributed by atoms with Gasteiger partial charge in [-0.3, -0.25) is 0 Å². The number of hydrogen-bond acceptors (Lipinski definition) is 5. The molecule has 0 spiro atoms. The van der Waals surface area contributed by atoms with Crippen molar-refractivity contribution in [1.29, 1.82) is 0 Å². The lowest BCUT2D eigenvalue weighted by atomic mass is 10.0. The summed E-state index contributed by atoms with van der Waals surface area (Å²) in [6, 6.07) is 8.55. The first-order valence-electron chi connectivity index (χ1n) is 7.63. The highest BCUT2D eigenvalue weighted by molar-refractivity contribution is 5.38. The van der Waals surface area contributed by atoms with Gasteiger partial charge in [0, 0.05) is 19.0 Å². The maximum atomic E-state index is 5.68. The van der Waals surface area contributed by atoms with Crippen LogP contribution < -0.4 is 5.32 Å². The number of morpholine rings is 1. The molecule has 4 rings (SSSR count). The molecule has 0 amide bonds. The van der Waals surface area contributed by atoms with Gasteiger partial charge in [-0.25, -0.2) is 0 Å². The second kappa shape index (κ2) is 5.58. The van der Waals surface area contributed by atoms with Crippen LogP contribution in [0.5, 0.6) is 0 Å². The van der Waals surface area contributed by atoms with E-state index in [0.29, 0.717) is 12.3 Å². The van der Waals surface area contributed by atoms with E-state index in [0.717, 1.165) is 38.4 Å². The lowest BCUT2D eigenvalue weighted by Gasteiger charge is -2.21. The molecule has 21 heavy (non-hydrogen) atoms. The van der Waals surface area contributed by atoms with E-state index in [1.165, 1.54) is 11.1 Å². The third kappa shape index (κ3) is 2.59. The normalized spacial score (nSPS) is 25.0. The van der Waals surface area contributed by atoms with E-state index in [4.69, 9.17) is 9.26 Å². The van der Waals surface area contributed by atoms with E-state index in [1.807, 2.05) is 0 Å². The molecule has 1 saturated heterocycles. The highest BCUT2D eigenvalue weighted by Crippen LogP contribution is 2.36. The van der Waals surface area contributed by atoms with E-state index in [1.54, 1.807) is 0 Å². The van der Waals surface area contributed by atoms with Crippen molar-refractivity contribution in [3.05, 3.63) is 47.1 Å². The van der Waals surface area contributed by atoms with Gasteiger partial charge in [0.05, 0.1) is 19.1 Å². The summed E-state index contributed by atoms with van der Waals surface area (Å²) in [5.74, 6) is 1.78. The lowest BCUT2D eigenvalue weighted by Crippen LogP contribution is -2.39. The van der Waals surface area contributed by atoms with Crippen LogP contribution in [-0.2, 0) is 17.6 Å². The first-order valence-corrected chi connectivity index (χ1v) is 7.63. The van der Waals surface area contributed by atoms with Gasteiger partial charge in [0.15, 0.2) is 5.82 Å². The van der Waals surface area contributed by atoms with E-state index in [9.17, 15) is 0 Å². The second-order valence-corrected chi connectivity index (χ2v) is 5.74. The third-order valence-electron chi connectivity index (χ3n) is 4.34. The molecule has 2 aliphatic rings. The zero-order chi connectivity index (χ0) is 14.1. The molecule has 1 aromatic heterocycles. The van der Waals surface area contributed by atoms with Crippen LogP contribution in [0.4, 0.5) is 0 Å². The van der Waals surface area contributed by atoms with Crippen molar-refractivity contribution in [2.75, 3.05) is 19.7 Å². The van der Waals surface area contributed by atoms with Crippen molar-refractivity contribution in [3.63, 3.8) is 0 Å². The summed E-state index contributed by atoms with van der Waals surface area (Å²) < 4.78 is 11.1. The molecule has 2 atom stereocenters. The van der Waals surface area contributed by atoms with Crippen molar-refractivity contribution in [1.82, 2.24) is 15.5 Å². The average molecular weight is 285 g/mol. The predicted molar refractivity (Wildman–Crippen MR) is 77.2 cm³/mol. The minimum atomic E-state index is 0.142. The molecule has 5 heteroatoms. The highest BCUT2D eigenvalue weighted by Gasteiger charge is 2.28. The maximum Gasteiger partial charge on any atom is 0.229 e. The quantitative estimate of drug-likeness (QED) is 0.929. The summed E-state index contributed by atoms with van der Waals surface area (Å²) in [6.45, 7) is 2.52. The summed E-state index contributed by atoms with van der Waals surface area (Å²) in [5.41, 5.74) is 2.76. The minimum absolute atomic E-state index is 0.142. The number of nitrogens with one attached hydrogen (secondary N) is 1. The van der Waals surface area contributed by atoms with Crippen molar-refractivity contribution >= 4 is 0 Å². The number of aryl methyl sites for hydroxylation is 1. The Balaban J connectivity index is 1.50. The van der Waals surface area contributed by atoms with Gasteiger partial charge in [-0.1, -0.05) is 29.4 Å². The number of fused-ring (bicyclic) bond motifs is 1. The van der Waals surface area contributed by atoms with Crippen LogP contribution in [-0.4, -0.2) is 35.9 Å². The van der Waals surface area contributed by atoms with Crippen LogP contribution in [0.1, 0.15) is 35.2 Å². The molecule has 1 fully saturated rings. The van der Waals surface area contributed by atoms with Gasteiger partial charge in [0.1, 0.15) is 0 Å². The number of benzene rings is 1. The topological polar surface area (TPSA) is 60.2 Å². The molecule has 2 heterocycles. The van der Waals surface area contributed by atoms with Gasteiger partial charge in [0.2, 0.25) is 5.89 Å². The number of aromatic nitrogens is 2. The van der Waals surface area contributed by atoms with Gasteiger partial charge in [-0.05, 0) is 24.0 Å². The van der Waals surface area contributed by atoms with Crippen molar-refractivity contribution in [2.45, 2.75) is 31.3 Å². The van der Waals surface area contributed by atoms with E-state index < -0.39 is 0 Å². The molecular formula is C16H19N3O2. The number of ether oxygens (including phenoxy) is 1. The Kier molecular flexibility index (Phi) is 3.45. The molecule has 1 aliphatic heterocycles. The van der Waals surface area contributed by atoms with Gasteiger partial charge in [-0.2, -0.15) is 4.98 Å². The van der Waals surface area contributed by atoms with E-state index in [-0.39, 0.29) is 12.0 Å². The number of nitrogens with zero attached hydrogens (tertiary/aromatic N) is 2. The Morgan fingerprint density at radius 3 is 3.14 bits per heavy atom. The van der Waals surface area contributed by atoms with Gasteiger partial charge in [-0.15, -0.1) is 0 Å². The summed E-state index contributed by atoms with van der Waals surface area (Å²) in [6.07, 6.45) is 3.00. The Bertz CT molecular complexity index is 619. The van der Waals surface area contributed by atoms with Crippen LogP contribution >= 0.6 is 0 Å². The summed E-state index contributed by atoms with van der Waals surface area (Å²) in [5, 5.41) is 7.52. The van der Waals surface area contributed by atoms with Crippen molar-refractivity contribution < 1.29 is 9.26 Å². The van der Waals surface area contributed by atoms with Gasteiger partial charge >= 0.3 is 0 Å². The maximum absolute atomic E-state index is 5.68. The largest absolute Gasteiger partial charge is 0.375 e. The molecule has 110 valence electrons. The zero-order valence-electron chi connectivity index (χ0n) is 11.9. The van der Waals surface area contributed by atoms with Crippen molar-refractivity contribution in [3.8, 4) is 0 Å². The van der Waals surface area contributed by atoms with Crippen LogP contribution in [0.3, 0.4) is 0 Å². The lowest BCUT2D eigenvalue weighted by molar-refractivity contribution is 0.0246. The molecule has 2 unspecified atom stereocenters. The summed E-state index contributed by atoms with van der Waals surface area (Å²) in [7, 11) is 0. The zero-order valence-corrected chi connectivity index (χ0v) is 11.9. The smallest absolute Gasteiger partial charge is 0.229 e. The monoisotopic (exact) mass is 285 g/mol. The Morgan fingerprint density at radius 2 is 2.24 bits per heavy atom. The average Bonchev–Trinajstić information content (AvgIpc) is 3.14. The third-order valence-corrected chi connectivity index (χ3v) is 4.34. The summed E-state index contributed by atoms with van der Waals surface area (Å²) >= 11 is 0. The highest BCUT2D eigenvalue weighted by atomic mass is 16.5. The van der Waals surface area contributed by atoms with E-state index >= 15 is 0 Å². The molecule has 0 radical (unpaired) electrons. The minimum Gasteiger partial charge on any atom is -0.375 e.